The molecule has 248 valence electrons. The summed E-state index contributed by atoms with van der Waals surface area (Å²) in [5.41, 5.74) is 7.99. The molecule has 0 bridgehead atoms. The molecule has 0 aliphatic carbocycles. The Balaban J connectivity index is 1.09. The third-order valence-electron chi connectivity index (χ3n) is 9.45. The summed E-state index contributed by atoms with van der Waals surface area (Å²) < 4.78 is 5.65. The second kappa shape index (κ2) is 14.2. The van der Waals surface area contributed by atoms with Crippen LogP contribution in [0.1, 0.15) is 42.5 Å². The number of amides is 2. The van der Waals surface area contributed by atoms with E-state index >= 15 is 0 Å². The van der Waals surface area contributed by atoms with E-state index in [0.29, 0.717) is 47.6 Å². The standard InChI is InChI=1S/C37H38Cl2N6O3/c1-48-37-22(18-40-19-24-10-14-33(46)41-24)8-12-32(44-37)29-7-3-5-27(36(29)39)26-4-2-6-28(35(26)38)31-13-9-23-20-45(17-16-30(23)43-31)21-25-11-15-34(47)42-25/h2-9,12-13,24-25,40H,10-11,14-21H2,1H3,(H,41,46)(H,42,47)/t24-,25-/m1/s1. The van der Waals surface area contributed by atoms with Gasteiger partial charge in [-0.25, -0.2) is 4.98 Å². The molecule has 2 aromatic carbocycles. The predicted molar refractivity (Wildman–Crippen MR) is 188 cm³/mol. The molecule has 2 saturated heterocycles. The zero-order valence-electron chi connectivity index (χ0n) is 26.8. The molecule has 0 unspecified atom stereocenters. The molecule has 11 heteroatoms. The minimum Gasteiger partial charge on any atom is -0.481 e. The van der Waals surface area contributed by atoms with E-state index in [9.17, 15) is 9.59 Å². The van der Waals surface area contributed by atoms with Gasteiger partial charge in [0.05, 0.1) is 28.5 Å². The lowest BCUT2D eigenvalue weighted by Gasteiger charge is -2.30. The molecular weight excluding hydrogens is 647 g/mol. The summed E-state index contributed by atoms with van der Waals surface area (Å²) in [5, 5.41) is 10.6. The molecule has 2 fully saturated rings. The first-order valence-corrected chi connectivity index (χ1v) is 17.2. The number of nitrogens with one attached hydrogen (secondary N) is 3. The normalized spacial score (nSPS) is 19.2. The van der Waals surface area contributed by atoms with E-state index in [-0.39, 0.29) is 23.9 Å². The molecule has 0 spiro atoms. The Hall–Kier alpha value is -4.02. The number of fused-ring (bicyclic) bond motifs is 1. The Morgan fingerprint density at radius 2 is 1.44 bits per heavy atom. The molecule has 3 N–H and O–H groups in total. The van der Waals surface area contributed by atoms with Crippen LogP contribution in [0.2, 0.25) is 10.0 Å². The Kier molecular flexibility index (Phi) is 9.64. The van der Waals surface area contributed by atoms with Crippen LogP contribution >= 0.6 is 23.2 Å². The highest BCUT2D eigenvalue weighted by Crippen LogP contribution is 2.42. The van der Waals surface area contributed by atoms with Crippen LogP contribution in [-0.4, -0.2) is 65.5 Å². The fourth-order valence-electron chi connectivity index (χ4n) is 6.92. The van der Waals surface area contributed by atoms with Crippen molar-refractivity contribution in [2.24, 2.45) is 0 Å². The van der Waals surface area contributed by atoms with Crippen molar-refractivity contribution < 1.29 is 14.3 Å². The van der Waals surface area contributed by atoms with Crippen molar-refractivity contribution in [2.75, 3.05) is 26.7 Å². The Morgan fingerprint density at radius 1 is 0.812 bits per heavy atom. The first-order chi connectivity index (χ1) is 23.4. The average molecular weight is 686 g/mol. The van der Waals surface area contributed by atoms with Gasteiger partial charge >= 0.3 is 0 Å². The summed E-state index contributed by atoms with van der Waals surface area (Å²) in [5.74, 6) is 0.775. The van der Waals surface area contributed by atoms with Crippen LogP contribution in [-0.2, 0) is 29.1 Å². The molecule has 0 radical (unpaired) electrons. The first kappa shape index (κ1) is 32.5. The number of aromatic nitrogens is 2. The minimum atomic E-state index is 0.105. The van der Waals surface area contributed by atoms with Crippen LogP contribution in [0.5, 0.6) is 5.88 Å². The Bertz CT molecular complexity index is 1780. The van der Waals surface area contributed by atoms with Gasteiger partial charge in [0.25, 0.3) is 0 Å². The number of hydrogen-bond donors (Lipinski definition) is 3. The van der Waals surface area contributed by atoms with Crippen molar-refractivity contribution >= 4 is 35.0 Å². The van der Waals surface area contributed by atoms with Gasteiger partial charge in [0.1, 0.15) is 0 Å². The van der Waals surface area contributed by atoms with E-state index in [1.54, 1.807) is 7.11 Å². The smallest absolute Gasteiger partial charge is 0.220 e. The molecule has 5 heterocycles. The number of hydrogen-bond acceptors (Lipinski definition) is 7. The van der Waals surface area contributed by atoms with E-state index in [1.165, 1.54) is 5.56 Å². The number of carbonyl (C=O) groups is 2. The summed E-state index contributed by atoms with van der Waals surface area (Å²) >= 11 is 14.2. The third-order valence-corrected chi connectivity index (χ3v) is 10.3. The highest BCUT2D eigenvalue weighted by molar-refractivity contribution is 6.39. The van der Waals surface area contributed by atoms with Gasteiger partial charge < -0.3 is 20.7 Å². The Labute approximate surface area is 290 Å². The van der Waals surface area contributed by atoms with Crippen molar-refractivity contribution in [1.82, 2.24) is 30.8 Å². The fourth-order valence-corrected chi connectivity index (χ4v) is 7.57. The van der Waals surface area contributed by atoms with Crippen LogP contribution in [0, 0.1) is 0 Å². The van der Waals surface area contributed by atoms with Gasteiger partial charge in [0.2, 0.25) is 17.7 Å². The zero-order valence-corrected chi connectivity index (χ0v) is 28.3. The third kappa shape index (κ3) is 6.91. The summed E-state index contributed by atoms with van der Waals surface area (Å²) in [6.45, 7) is 3.84. The van der Waals surface area contributed by atoms with Crippen LogP contribution < -0.4 is 20.7 Å². The van der Waals surface area contributed by atoms with Crippen molar-refractivity contribution in [3.8, 4) is 39.5 Å². The van der Waals surface area contributed by atoms with E-state index in [2.05, 4.69) is 26.9 Å². The molecule has 0 saturated carbocycles. The van der Waals surface area contributed by atoms with Gasteiger partial charge in [-0.15, -0.1) is 0 Å². The number of pyridine rings is 2. The summed E-state index contributed by atoms with van der Waals surface area (Å²) in [6, 6.07) is 20.3. The highest BCUT2D eigenvalue weighted by atomic mass is 35.5. The van der Waals surface area contributed by atoms with E-state index in [1.807, 2.05) is 54.6 Å². The number of methoxy groups -OCH3 is 1. The van der Waals surface area contributed by atoms with Gasteiger partial charge in [-0.3, -0.25) is 19.5 Å². The number of halogens is 2. The van der Waals surface area contributed by atoms with Gasteiger partial charge in [-0.1, -0.05) is 71.7 Å². The molecular formula is C37H38Cl2N6O3. The molecule has 7 rings (SSSR count). The molecule has 2 amide bonds. The molecule has 3 aliphatic rings. The first-order valence-electron chi connectivity index (χ1n) is 16.5. The number of benzene rings is 2. The van der Waals surface area contributed by atoms with E-state index < -0.39 is 0 Å². The number of nitrogens with zero attached hydrogens (tertiary/aromatic N) is 3. The van der Waals surface area contributed by atoms with Crippen LogP contribution in [0.25, 0.3) is 33.6 Å². The van der Waals surface area contributed by atoms with Gasteiger partial charge in [-0.2, -0.15) is 0 Å². The summed E-state index contributed by atoms with van der Waals surface area (Å²) in [4.78, 5) is 35.4. The highest BCUT2D eigenvalue weighted by Gasteiger charge is 2.26. The lowest BCUT2D eigenvalue weighted by molar-refractivity contribution is -0.120. The molecule has 2 aromatic heterocycles. The van der Waals surface area contributed by atoms with Gasteiger partial charge in [0, 0.05) is 97.6 Å². The maximum Gasteiger partial charge on any atom is 0.220 e. The van der Waals surface area contributed by atoms with Crippen LogP contribution in [0.15, 0.2) is 60.7 Å². The minimum absolute atomic E-state index is 0.105. The van der Waals surface area contributed by atoms with Crippen LogP contribution in [0.4, 0.5) is 0 Å². The Morgan fingerprint density at radius 3 is 2.08 bits per heavy atom. The lowest BCUT2D eigenvalue weighted by Crippen LogP contribution is -2.41. The monoisotopic (exact) mass is 684 g/mol. The van der Waals surface area contributed by atoms with E-state index in [0.717, 1.165) is 78.1 Å². The van der Waals surface area contributed by atoms with Crippen molar-refractivity contribution in [2.45, 2.75) is 57.3 Å². The van der Waals surface area contributed by atoms with Crippen molar-refractivity contribution in [3.05, 3.63) is 87.5 Å². The summed E-state index contributed by atoms with van der Waals surface area (Å²) in [7, 11) is 1.61. The zero-order chi connectivity index (χ0) is 33.2. The molecule has 3 aliphatic heterocycles. The predicted octanol–water partition coefficient (Wildman–Crippen LogP) is 5.80. The molecule has 2 atom stereocenters. The van der Waals surface area contributed by atoms with Gasteiger partial charge in [0.15, 0.2) is 0 Å². The molecule has 4 aromatic rings. The second-order valence-corrected chi connectivity index (χ2v) is 13.5. The van der Waals surface area contributed by atoms with Crippen molar-refractivity contribution in [3.63, 3.8) is 0 Å². The second-order valence-electron chi connectivity index (χ2n) is 12.7. The SMILES string of the molecule is COc1nc(-c2cccc(-c3cccc(-c4ccc5c(n4)CCN(C[C@H]4CCC(=O)N4)C5)c3Cl)c2Cl)ccc1CNC[C@H]1CCC(=O)N1. The number of ether oxygens (including phenoxy) is 1. The molecule has 9 nitrogen and oxygen atoms in total. The van der Waals surface area contributed by atoms with Gasteiger partial charge in [-0.05, 0) is 30.5 Å². The number of rotatable bonds is 10. The number of carbonyl (C=O) groups excluding carboxylic acids is 2. The lowest BCUT2D eigenvalue weighted by atomic mass is 9.97. The van der Waals surface area contributed by atoms with Crippen LogP contribution in [0.3, 0.4) is 0 Å². The quantitative estimate of drug-likeness (QED) is 0.194. The maximum absolute atomic E-state index is 11.6. The largest absolute Gasteiger partial charge is 0.481 e. The van der Waals surface area contributed by atoms with E-state index in [4.69, 9.17) is 37.9 Å². The maximum atomic E-state index is 11.6. The average Bonchev–Trinajstić information content (AvgIpc) is 3.71. The molecule has 48 heavy (non-hydrogen) atoms. The summed E-state index contributed by atoms with van der Waals surface area (Å²) in [6.07, 6.45) is 3.79. The topological polar surface area (TPSA) is 108 Å². The fraction of sp³-hybridized carbons (Fsp3) is 0.351. The van der Waals surface area contributed by atoms with Crippen molar-refractivity contribution in [1.29, 1.82) is 0 Å².